The summed E-state index contributed by atoms with van der Waals surface area (Å²) in [7, 11) is 1.45. The maximum Gasteiger partial charge on any atom is 0.269 e. The molecule has 0 aromatic heterocycles. The van der Waals surface area contributed by atoms with Crippen molar-refractivity contribution < 1.29 is 19.1 Å². The molecule has 0 aliphatic rings. The van der Waals surface area contributed by atoms with E-state index in [-0.39, 0.29) is 11.1 Å². The SMILES string of the molecule is COc1ccc(Cl)cc1C(=O)Nc1cccc(C(=O)NNC(=O)c2ccccc2)c1. The van der Waals surface area contributed by atoms with Crippen LogP contribution in [0.3, 0.4) is 0 Å². The molecular formula is C22H18ClN3O4. The predicted molar refractivity (Wildman–Crippen MR) is 114 cm³/mol. The van der Waals surface area contributed by atoms with Crippen molar-refractivity contribution in [3.8, 4) is 5.75 Å². The average Bonchev–Trinajstić information content (AvgIpc) is 2.78. The third-order valence-corrected chi connectivity index (χ3v) is 4.35. The van der Waals surface area contributed by atoms with Crippen molar-refractivity contribution in [2.45, 2.75) is 0 Å². The first-order valence-electron chi connectivity index (χ1n) is 8.88. The Morgan fingerprint density at radius 2 is 1.43 bits per heavy atom. The fourth-order valence-corrected chi connectivity index (χ4v) is 2.81. The lowest BCUT2D eigenvalue weighted by Crippen LogP contribution is -2.41. The molecule has 0 unspecified atom stereocenters. The minimum absolute atomic E-state index is 0.249. The number of anilines is 1. The van der Waals surface area contributed by atoms with Crippen LogP contribution in [-0.2, 0) is 0 Å². The van der Waals surface area contributed by atoms with Gasteiger partial charge in [-0.1, -0.05) is 35.9 Å². The highest BCUT2D eigenvalue weighted by molar-refractivity contribution is 6.31. The average molecular weight is 424 g/mol. The molecule has 0 fully saturated rings. The second kappa shape index (κ2) is 9.58. The Bertz CT molecular complexity index is 1090. The standard InChI is InChI=1S/C22H18ClN3O4/c1-30-19-11-10-16(23)13-18(19)22(29)24-17-9-5-8-15(12-17)21(28)26-25-20(27)14-6-3-2-4-7-14/h2-13H,1H3,(H,24,29)(H,25,27)(H,26,28). The van der Waals surface area contributed by atoms with Crippen LogP contribution in [0.1, 0.15) is 31.1 Å². The molecule has 0 radical (unpaired) electrons. The van der Waals surface area contributed by atoms with Gasteiger partial charge in [0, 0.05) is 21.8 Å². The van der Waals surface area contributed by atoms with Gasteiger partial charge in [0.2, 0.25) is 0 Å². The van der Waals surface area contributed by atoms with E-state index in [2.05, 4.69) is 16.2 Å². The predicted octanol–water partition coefficient (Wildman–Crippen LogP) is 3.68. The monoisotopic (exact) mass is 423 g/mol. The third kappa shape index (κ3) is 5.15. The minimum Gasteiger partial charge on any atom is -0.496 e. The number of carbonyl (C=O) groups excluding carboxylic acids is 3. The van der Waals surface area contributed by atoms with E-state index < -0.39 is 17.7 Å². The van der Waals surface area contributed by atoms with Gasteiger partial charge < -0.3 is 10.1 Å². The van der Waals surface area contributed by atoms with Gasteiger partial charge in [-0.3, -0.25) is 25.2 Å². The van der Waals surface area contributed by atoms with Gasteiger partial charge in [-0.15, -0.1) is 0 Å². The Balaban J connectivity index is 1.67. The highest BCUT2D eigenvalue weighted by atomic mass is 35.5. The van der Waals surface area contributed by atoms with E-state index in [1.165, 1.54) is 19.2 Å². The van der Waals surface area contributed by atoms with Gasteiger partial charge in [-0.25, -0.2) is 0 Å². The van der Waals surface area contributed by atoms with Crippen molar-refractivity contribution in [2.75, 3.05) is 12.4 Å². The molecule has 0 aliphatic carbocycles. The highest BCUT2D eigenvalue weighted by Gasteiger charge is 2.15. The molecule has 0 saturated carbocycles. The number of halogens is 1. The molecule has 7 nitrogen and oxygen atoms in total. The number of rotatable bonds is 5. The number of hydrogen-bond acceptors (Lipinski definition) is 4. The Hall–Kier alpha value is -3.84. The number of carbonyl (C=O) groups is 3. The summed E-state index contributed by atoms with van der Waals surface area (Å²) in [6.45, 7) is 0. The van der Waals surface area contributed by atoms with Crippen molar-refractivity contribution in [1.82, 2.24) is 10.9 Å². The molecule has 0 saturated heterocycles. The summed E-state index contributed by atoms with van der Waals surface area (Å²) < 4.78 is 5.19. The molecule has 0 bridgehead atoms. The van der Waals surface area contributed by atoms with Crippen molar-refractivity contribution in [2.24, 2.45) is 0 Å². The van der Waals surface area contributed by atoms with Crippen molar-refractivity contribution in [3.63, 3.8) is 0 Å². The summed E-state index contributed by atoms with van der Waals surface area (Å²) in [4.78, 5) is 37.0. The van der Waals surface area contributed by atoms with E-state index in [4.69, 9.17) is 16.3 Å². The summed E-state index contributed by atoms with van der Waals surface area (Å²) in [6.07, 6.45) is 0. The Labute approximate surface area is 178 Å². The minimum atomic E-state index is -0.532. The van der Waals surface area contributed by atoms with E-state index in [9.17, 15) is 14.4 Å². The first kappa shape index (κ1) is 20.9. The summed E-state index contributed by atoms with van der Waals surface area (Å²) in [5.74, 6) is -1.05. The molecule has 3 N–H and O–H groups in total. The fraction of sp³-hybridized carbons (Fsp3) is 0.0455. The normalized spacial score (nSPS) is 10.1. The molecule has 0 spiro atoms. The molecule has 3 rings (SSSR count). The third-order valence-electron chi connectivity index (χ3n) is 4.11. The van der Waals surface area contributed by atoms with E-state index >= 15 is 0 Å². The van der Waals surface area contributed by atoms with E-state index in [0.717, 1.165) is 0 Å². The number of nitrogens with one attached hydrogen (secondary N) is 3. The van der Waals surface area contributed by atoms with Crippen LogP contribution in [0.4, 0.5) is 5.69 Å². The van der Waals surface area contributed by atoms with Crippen LogP contribution < -0.4 is 20.9 Å². The summed E-state index contributed by atoms with van der Waals surface area (Å²) in [6, 6.07) is 19.5. The number of amides is 3. The molecule has 3 aromatic carbocycles. The number of hydrogen-bond donors (Lipinski definition) is 3. The molecule has 0 heterocycles. The number of ether oxygens (including phenoxy) is 1. The van der Waals surface area contributed by atoms with Gasteiger partial charge in [0.25, 0.3) is 17.7 Å². The summed E-state index contributed by atoms with van der Waals surface area (Å²) in [5, 5.41) is 3.09. The van der Waals surface area contributed by atoms with Gasteiger partial charge in [0.05, 0.1) is 12.7 Å². The first-order chi connectivity index (χ1) is 14.5. The lowest BCUT2D eigenvalue weighted by Gasteiger charge is -2.11. The molecule has 30 heavy (non-hydrogen) atoms. The largest absolute Gasteiger partial charge is 0.496 e. The quantitative estimate of drug-likeness (QED) is 0.545. The van der Waals surface area contributed by atoms with Crippen LogP contribution in [-0.4, -0.2) is 24.8 Å². The lowest BCUT2D eigenvalue weighted by molar-refractivity contribution is 0.0846. The van der Waals surface area contributed by atoms with Crippen LogP contribution in [0.25, 0.3) is 0 Å². The molecule has 3 aromatic rings. The molecule has 3 amide bonds. The van der Waals surface area contributed by atoms with Crippen LogP contribution in [0.15, 0.2) is 72.8 Å². The lowest BCUT2D eigenvalue weighted by atomic mass is 10.1. The van der Waals surface area contributed by atoms with Crippen molar-refractivity contribution in [3.05, 3.63) is 94.5 Å². The molecular weight excluding hydrogens is 406 g/mol. The van der Waals surface area contributed by atoms with Crippen LogP contribution in [0, 0.1) is 0 Å². The van der Waals surface area contributed by atoms with Gasteiger partial charge in [-0.2, -0.15) is 0 Å². The smallest absolute Gasteiger partial charge is 0.269 e. The van der Waals surface area contributed by atoms with Crippen LogP contribution >= 0.6 is 11.6 Å². The van der Waals surface area contributed by atoms with E-state index in [1.54, 1.807) is 60.7 Å². The highest BCUT2D eigenvalue weighted by Crippen LogP contribution is 2.24. The molecule has 152 valence electrons. The number of hydrazine groups is 1. The van der Waals surface area contributed by atoms with Gasteiger partial charge in [0.1, 0.15) is 5.75 Å². The number of methoxy groups -OCH3 is 1. The first-order valence-corrected chi connectivity index (χ1v) is 9.26. The molecule has 8 heteroatoms. The van der Waals surface area contributed by atoms with Crippen LogP contribution in [0.2, 0.25) is 5.02 Å². The number of benzene rings is 3. The summed E-state index contributed by atoms with van der Waals surface area (Å²) >= 11 is 5.97. The summed E-state index contributed by atoms with van der Waals surface area (Å²) in [5.41, 5.74) is 6.01. The fourth-order valence-electron chi connectivity index (χ4n) is 2.64. The molecule has 0 aliphatic heterocycles. The maximum atomic E-state index is 12.6. The Kier molecular flexibility index (Phi) is 6.67. The van der Waals surface area contributed by atoms with Crippen LogP contribution in [0.5, 0.6) is 5.75 Å². The second-order valence-corrected chi connectivity index (χ2v) is 6.59. The second-order valence-electron chi connectivity index (χ2n) is 6.15. The van der Waals surface area contributed by atoms with E-state index in [0.29, 0.717) is 22.0 Å². The zero-order chi connectivity index (χ0) is 21.5. The van der Waals surface area contributed by atoms with Gasteiger partial charge >= 0.3 is 0 Å². The maximum absolute atomic E-state index is 12.6. The van der Waals surface area contributed by atoms with Gasteiger partial charge in [0.15, 0.2) is 0 Å². The van der Waals surface area contributed by atoms with Crippen molar-refractivity contribution >= 4 is 35.0 Å². The Morgan fingerprint density at radius 3 is 2.13 bits per heavy atom. The zero-order valence-corrected chi connectivity index (χ0v) is 16.7. The zero-order valence-electron chi connectivity index (χ0n) is 15.9. The van der Waals surface area contributed by atoms with E-state index in [1.807, 2.05) is 0 Å². The van der Waals surface area contributed by atoms with Crippen molar-refractivity contribution in [1.29, 1.82) is 0 Å². The topological polar surface area (TPSA) is 96.5 Å². The van der Waals surface area contributed by atoms with Gasteiger partial charge in [-0.05, 0) is 48.5 Å². The molecule has 0 atom stereocenters. The Morgan fingerprint density at radius 1 is 0.767 bits per heavy atom.